The Morgan fingerprint density at radius 2 is 0.539 bits per heavy atom. The molecule has 0 heterocycles. The van der Waals surface area contributed by atoms with Crippen LogP contribution in [0.3, 0.4) is 0 Å². The molecule has 0 amide bonds. The van der Waals surface area contributed by atoms with E-state index < -0.39 is 6.10 Å². The van der Waals surface area contributed by atoms with Crippen molar-refractivity contribution in [1.82, 2.24) is 0 Å². The summed E-state index contributed by atoms with van der Waals surface area (Å²) in [5.74, 6) is -0.911. The average Bonchev–Trinajstić information content (AvgIpc) is 3.42. The fourth-order valence-corrected chi connectivity index (χ4v) is 8.46. The molecule has 0 aliphatic carbocycles. The van der Waals surface area contributed by atoms with Crippen LogP contribution >= 0.6 is 0 Å². The highest BCUT2D eigenvalue weighted by atomic mass is 16.6. The fraction of sp³-hybridized carbons (Fsp3) is 0.671. The molecule has 0 aliphatic rings. The van der Waals surface area contributed by atoms with Gasteiger partial charge >= 0.3 is 17.9 Å². The van der Waals surface area contributed by atoms with E-state index in [2.05, 4.69) is 142 Å². The van der Waals surface area contributed by atoms with Gasteiger partial charge in [-0.1, -0.05) is 258 Å². The largest absolute Gasteiger partial charge is 0.462 e. The molecule has 76 heavy (non-hydrogen) atoms. The van der Waals surface area contributed by atoms with Crippen LogP contribution in [0, 0.1) is 0 Å². The fourth-order valence-electron chi connectivity index (χ4n) is 8.46. The van der Waals surface area contributed by atoms with Crippen molar-refractivity contribution < 1.29 is 28.6 Å². The molecule has 0 radical (unpaired) electrons. The van der Waals surface area contributed by atoms with Gasteiger partial charge in [-0.15, -0.1) is 0 Å². The number of hydrogen-bond donors (Lipinski definition) is 0. The van der Waals surface area contributed by atoms with Gasteiger partial charge in [-0.2, -0.15) is 0 Å². The molecule has 0 fully saturated rings. The second-order valence-electron chi connectivity index (χ2n) is 20.6. The third-order valence-corrected chi connectivity index (χ3v) is 13.2. The highest BCUT2D eigenvalue weighted by Gasteiger charge is 2.19. The van der Waals surface area contributed by atoms with Gasteiger partial charge in [0.2, 0.25) is 0 Å². The number of rotatable bonds is 56. The van der Waals surface area contributed by atoms with Crippen molar-refractivity contribution in [2.45, 2.75) is 290 Å². The minimum Gasteiger partial charge on any atom is -0.462 e. The van der Waals surface area contributed by atoms with Gasteiger partial charge in [0.15, 0.2) is 6.10 Å². The zero-order valence-corrected chi connectivity index (χ0v) is 49.5. The quantitative estimate of drug-likeness (QED) is 0.0261. The third-order valence-electron chi connectivity index (χ3n) is 13.2. The smallest absolute Gasteiger partial charge is 0.306 e. The lowest BCUT2D eigenvalue weighted by molar-refractivity contribution is -0.167. The average molecular weight is 1050 g/mol. The van der Waals surface area contributed by atoms with Gasteiger partial charge in [0.05, 0.1) is 0 Å². The number of carbonyl (C=O) groups is 3. The molecule has 0 aromatic rings. The molecule has 0 rings (SSSR count). The molecule has 0 aromatic carbocycles. The van der Waals surface area contributed by atoms with Crippen LogP contribution < -0.4 is 0 Å². The van der Waals surface area contributed by atoms with Crippen molar-refractivity contribution in [3.8, 4) is 0 Å². The van der Waals surface area contributed by atoms with Crippen molar-refractivity contribution in [1.29, 1.82) is 0 Å². The first-order chi connectivity index (χ1) is 37.5. The van der Waals surface area contributed by atoms with Crippen LogP contribution in [-0.2, 0) is 28.6 Å². The van der Waals surface area contributed by atoms with Gasteiger partial charge in [0.25, 0.3) is 0 Å². The maximum atomic E-state index is 12.9. The molecule has 0 aromatic heterocycles. The monoisotopic (exact) mass is 1050 g/mol. The maximum Gasteiger partial charge on any atom is 0.306 e. The minimum absolute atomic E-state index is 0.0885. The summed E-state index contributed by atoms with van der Waals surface area (Å²) >= 11 is 0. The first kappa shape index (κ1) is 71.8. The van der Waals surface area contributed by atoms with Gasteiger partial charge in [0.1, 0.15) is 13.2 Å². The third kappa shape index (κ3) is 60.7. The molecule has 432 valence electrons. The molecular weight excluding hydrogens is 937 g/mol. The molecule has 0 bridgehead atoms. The summed E-state index contributed by atoms with van der Waals surface area (Å²) in [7, 11) is 0. The standard InChI is InChI=1S/C70H116O6/c1-4-7-10-13-16-19-22-24-26-28-29-30-31-32-33-34-35-36-37-38-39-40-41-43-44-46-48-51-54-57-60-63-69(72)75-66-67(65-74-68(71)62-59-56-53-50-21-18-15-12-9-6-3)76-70(73)64-61-58-55-52-49-47-45-42-27-25-23-20-17-14-11-8-5-2/h7,10,12,15-17,19-20,24-27,29-30,32-33,35-36,38-39,67H,4-6,8-9,11,13-14,18,21-23,28,31,34,37,40-66H2,1-3H3/b10-7-,15-12-,19-16-,20-17-,26-24-,27-25-,30-29-,33-32-,36-35-,39-38-. The van der Waals surface area contributed by atoms with E-state index in [1.54, 1.807) is 0 Å². The van der Waals surface area contributed by atoms with Crippen LogP contribution in [0.4, 0.5) is 0 Å². The predicted molar refractivity (Wildman–Crippen MR) is 330 cm³/mol. The molecule has 0 spiro atoms. The first-order valence-electron chi connectivity index (χ1n) is 31.5. The van der Waals surface area contributed by atoms with Crippen LogP contribution in [0.15, 0.2) is 122 Å². The zero-order valence-electron chi connectivity index (χ0n) is 49.5. The summed E-state index contributed by atoms with van der Waals surface area (Å²) in [6.07, 6.45) is 87.8. The second kappa shape index (κ2) is 63.3. The zero-order chi connectivity index (χ0) is 55.0. The number of ether oxygens (including phenoxy) is 3. The van der Waals surface area contributed by atoms with E-state index in [1.165, 1.54) is 103 Å². The van der Waals surface area contributed by atoms with Gasteiger partial charge in [-0.3, -0.25) is 14.4 Å². The molecule has 6 nitrogen and oxygen atoms in total. The maximum absolute atomic E-state index is 12.9. The highest BCUT2D eigenvalue weighted by molar-refractivity contribution is 5.71. The minimum atomic E-state index is -0.790. The molecule has 0 N–H and O–H groups in total. The summed E-state index contributed by atoms with van der Waals surface area (Å²) < 4.78 is 16.9. The Balaban J connectivity index is 4.24. The highest BCUT2D eigenvalue weighted by Crippen LogP contribution is 2.15. The van der Waals surface area contributed by atoms with Crippen molar-refractivity contribution in [3.05, 3.63) is 122 Å². The van der Waals surface area contributed by atoms with Crippen LogP contribution in [0.2, 0.25) is 0 Å². The summed E-state index contributed by atoms with van der Waals surface area (Å²) in [5, 5.41) is 0. The van der Waals surface area contributed by atoms with E-state index in [0.29, 0.717) is 19.3 Å². The molecule has 0 saturated carbocycles. The number of allylic oxidation sites excluding steroid dienone is 20. The second-order valence-corrected chi connectivity index (χ2v) is 20.6. The van der Waals surface area contributed by atoms with Gasteiger partial charge in [-0.05, 0) is 128 Å². The predicted octanol–water partition coefficient (Wildman–Crippen LogP) is 21.6. The van der Waals surface area contributed by atoms with Gasteiger partial charge in [-0.25, -0.2) is 0 Å². The molecule has 1 atom stereocenters. The number of esters is 3. The van der Waals surface area contributed by atoms with E-state index in [9.17, 15) is 14.4 Å². The molecular formula is C70H116O6. The van der Waals surface area contributed by atoms with E-state index in [4.69, 9.17) is 14.2 Å². The number of hydrogen-bond acceptors (Lipinski definition) is 6. The summed E-state index contributed by atoms with van der Waals surface area (Å²) in [6, 6.07) is 0. The van der Waals surface area contributed by atoms with Crippen molar-refractivity contribution in [2.24, 2.45) is 0 Å². The SMILES string of the molecule is CC/C=C\C/C=C\C/C=C\C/C=C\C/C=C\C/C=C\C/C=C\CCCCCCCCCCCC(=O)OCC(COC(=O)CCCCCCC/C=C\CCC)OC(=O)CCCCCCCCC/C=C\C/C=C\CCCCC. The first-order valence-corrected chi connectivity index (χ1v) is 31.5. The lowest BCUT2D eigenvalue weighted by atomic mass is 10.1. The van der Waals surface area contributed by atoms with Crippen LogP contribution in [-0.4, -0.2) is 37.2 Å². The van der Waals surface area contributed by atoms with E-state index in [-0.39, 0.29) is 31.1 Å². The Morgan fingerprint density at radius 1 is 0.276 bits per heavy atom. The van der Waals surface area contributed by atoms with Crippen LogP contribution in [0.5, 0.6) is 0 Å². The molecule has 0 aliphatic heterocycles. The Hall–Kier alpha value is -4.19. The van der Waals surface area contributed by atoms with Gasteiger partial charge in [0, 0.05) is 19.3 Å². The van der Waals surface area contributed by atoms with Crippen LogP contribution in [0.25, 0.3) is 0 Å². The van der Waals surface area contributed by atoms with Crippen molar-refractivity contribution in [3.63, 3.8) is 0 Å². The van der Waals surface area contributed by atoms with Crippen molar-refractivity contribution >= 4 is 17.9 Å². The normalized spacial score (nSPS) is 12.9. The number of unbranched alkanes of at least 4 members (excludes halogenated alkanes) is 25. The molecule has 6 heteroatoms. The van der Waals surface area contributed by atoms with Crippen molar-refractivity contribution in [2.75, 3.05) is 13.2 Å². The van der Waals surface area contributed by atoms with Crippen LogP contribution in [0.1, 0.15) is 284 Å². The van der Waals surface area contributed by atoms with E-state index in [1.807, 2.05) is 0 Å². The Kier molecular flexibility index (Phi) is 59.9. The topological polar surface area (TPSA) is 78.9 Å². The molecule has 0 saturated heterocycles. The lowest BCUT2D eigenvalue weighted by Crippen LogP contribution is -2.30. The summed E-state index contributed by atoms with van der Waals surface area (Å²) in [5.41, 5.74) is 0. The number of carbonyl (C=O) groups excluding carboxylic acids is 3. The Labute approximate surface area is 469 Å². The Morgan fingerprint density at radius 3 is 0.868 bits per heavy atom. The summed E-state index contributed by atoms with van der Waals surface area (Å²) in [6.45, 7) is 6.43. The Bertz CT molecular complexity index is 1590. The summed E-state index contributed by atoms with van der Waals surface area (Å²) in [4.78, 5) is 38.2. The van der Waals surface area contributed by atoms with E-state index >= 15 is 0 Å². The lowest BCUT2D eigenvalue weighted by Gasteiger charge is -2.18. The molecule has 1 unspecified atom stereocenters. The van der Waals surface area contributed by atoms with E-state index in [0.717, 1.165) is 141 Å². The van der Waals surface area contributed by atoms with Gasteiger partial charge < -0.3 is 14.2 Å².